The van der Waals surface area contributed by atoms with Crippen molar-refractivity contribution in [1.82, 2.24) is 0 Å². The molecule has 23 heavy (non-hydrogen) atoms. The number of ether oxygens (including phenoxy) is 2. The molecule has 0 saturated heterocycles. The molecular formula is C18H23ClO4. The van der Waals surface area contributed by atoms with Gasteiger partial charge >= 0.3 is 0 Å². The Morgan fingerprint density at radius 1 is 0.913 bits per heavy atom. The number of rotatable bonds is 8. The first-order valence-electron chi connectivity index (χ1n) is 7.89. The summed E-state index contributed by atoms with van der Waals surface area (Å²) in [7, 11) is 0. The van der Waals surface area contributed by atoms with Crippen molar-refractivity contribution in [2.45, 2.75) is 38.9 Å². The second-order valence-electron chi connectivity index (χ2n) is 5.47. The summed E-state index contributed by atoms with van der Waals surface area (Å²) in [5, 5.41) is 21.5. The van der Waals surface area contributed by atoms with Crippen LogP contribution in [0, 0.1) is 0 Å². The molecule has 2 N–H and O–H groups in total. The largest absolute Gasteiger partial charge is 0.490 e. The van der Waals surface area contributed by atoms with Gasteiger partial charge in [-0.15, -0.1) is 0 Å². The van der Waals surface area contributed by atoms with Gasteiger partial charge in [0.05, 0.1) is 17.2 Å². The lowest BCUT2D eigenvalue weighted by molar-refractivity contribution is 0.104. The highest BCUT2D eigenvalue weighted by Crippen LogP contribution is 2.37. The molecule has 0 spiro atoms. The van der Waals surface area contributed by atoms with Crippen molar-refractivity contribution in [2.75, 3.05) is 13.2 Å². The molecule has 0 amide bonds. The highest BCUT2D eigenvalue weighted by molar-refractivity contribution is 6.33. The van der Waals surface area contributed by atoms with E-state index in [2.05, 4.69) is 0 Å². The van der Waals surface area contributed by atoms with E-state index in [1.807, 2.05) is 38.1 Å². The lowest BCUT2D eigenvalue weighted by Gasteiger charge is -2.16. The van der Waals surface area contributed by atoms with Gasteiger partial charge in [-0.25, -0.2) is 0 Å². The first kappa shape index (κ1) is 17.9. The molecule has 2 atom stereocenters. The second kappa shape index (κ2) is 8.39. The fourth-order valence-electron chi connectivity index (χ4n) is 2.15. The van der Waals surface area contributed by atoms with Crippen LogP contribution < -0.4 is 9.47 Å². The number of aliphatic hydroxyl groups excluding tert-OH is 2. The molecule has 0 aliphatic rings. The Bertz CT molecular complexity index is 644. The maximum Gasteiger partial charge on any atom is 0.145 e. The van der Waals surface area contributed by atoms with E-state index >= 15 is 0 Å². The normalized spacial score (nSPS) is 13.8. The summed E-state index contributed by atoms with van der Waals surface area (Å²) < 4.78 is 11.4. The zero-order chi connectivity index (χ0) is 16.8. The average Bonchev–Trinajstić information content (AvgIpc) is 2.58. The molecular weight excluding hydrogens is 316 g/mol. The van der Waals surface area contributed by atoms with E-state index in [1.54, 1.807) is 6.07 Å². The van der Waals surface area contributed by atoms with Crippen LogP contribution in [0.25, 0.3) is 10.8 Å². The molecule has 0 saturated carbocycles. The predicted octanol–water partition coefficient (Wildman–Crippen LogP) is 3.79. The van der Waals surface area contributed by atoms with E-state index < -0.39 is 12.2 Å². The predicted molar refractivity (Wildman–Crippen MR) is 92.5 cm³/mol. The zero-order valence-electron chi connectivity index (χ0n) is 13.5. The van der Waals surface area contributed by atoms with Gasteiger partial charge in [0.1, 0.15) is 24.7 Å². The standard InChI is InChI=1S/C18H23ClO4/c1-3-12(20)10-22-17-7-5-6-15-14(17)8-9-16(19)18(15)23-11-13(21)4-2/h5-9,12-13,20-21H,3-4,10-11H2,1-2H3. The number of hydrogen-bond donors (Lipinski definition) is 2. The Morgan fingerprint density at radius 3 is 2.22 bits per heavy atom. The van der Waals surface area contributed by atoms with Crippen LogP contribution in [0.4, 0.5) is 0 Å². The summed E-state index contributed by atoms with van der Waals surface area (Å²) in [5.41, 5.74) is 0. The third-order valence-corrected chi connectivity index (χ3v) is 4.02. The van der Waals surface area contributed by atoms with Gasteiger partial charge in [0.25, 0.3) is 0 Å². The van der Waals surface area contributed by atoms with Gasteiger partial charge in [0.2, 0.25) is 0 Å². The van der Waals surface area contributed by atoms with Gasteiger partial charge in [-0.3, -0.25) is 0 Å². The monoisotopic (exact) mass is 338 g/mol. The molecule has 2 unspecified atom stereocenters. The van der Waals surface area contributed by atoms with Crippen molar-refractivity contribution in [1.29, 1.82) is 0 Å². The smallest absolute Gasteiger partial charge is 0.145 e. The fourth-order valence-corrected chi connectivity index (χ4v) is 2.37. The summed E-state index contributed by atoms with van der Waals surface area (Å²) in [4.78, 5) is 0. The van der Waals surface area contributed by atoms with Crippen molar-refractivity contribution in [3.05, 3.63) is 35.4 Å². The molecule has 0 aromatic heterocycles. The molecule has 2 rings (SSSR count). The summed E-state index contributed by atoms with van der Waals surface area (Å²) in [5.74, 6) is 1.21. The fraction of sp³-hybridized carbons (Fsp3) is 0.444. The lowest BCUT2D eigenvalue weighted by Crippen LogP contribution is -2.16. The topological polar surface area (TPSA) is 58.9 Å². The van der Waals surface area contributed by atoms with Gasteiger partial charge < -0.3 is 19.7 Å². The van der Waals surface area contributed by atoms with E-state index in [1.165, 1.54) is 0 Å². The Morgan fingerprint density at radius 2 is 1.57 bits per heavy atom. The van der Waals surface area contributed by atoms with Gasteiger partial charge in [-0.05, 0) is 31.0 Å². The highest BCUT2D eigenvalue weighted by atomic mass is 35.5. The van der Waals surface area contributed by atoms with E-state index in [0.717, 1.165) is 10.8 Å². The first-order chi connectivity index (χ1) is 11.1. The van der Waals surface area contributed by atoms with Gasteiger partial charge in [0.15, 0.2) is 0 Å². The molecule has 0 bridgehead atoms. The number of halogens is 1. The third-order valence-electron chi connectivity index (χ3n) is 3.72. The van der Waals surface area contributed by atoms with Crippen LogP contribution in [0.1, 0.15) is 26.7 Å². The summed E-state index contributed by atoms with van der Waals surface area (Å²) in [6.45, 7) is 4.23. The zero-order valence-corrected chi connectivity index (χ0v) is 14.2. The summed E-state index contributed by atoms with van der Waals surface area (Å²) in [6.07, 6.45) is 0.236. The highest BCUT2D eigenvalue weighted by Gasteiger charge is 2.13. The Kier molecular flexibility index (Phi) is 6.51. The third kappa shape index (κ3) is 4.50. The minimum atomic E-state index is -0.527. The van der Waals surface area contributed by atoms with E-state index in [4.69, 9.17) is 21.1 Å². The van der Waals surface area contributed by atoms with E-state index in [9.17, 15) is 10.2 Å². The number of benzene rings is 2. The van der Waals surface area contributed by atoms with Crippen LogP contribution in [0.5, 0.6) is 11.5 Å². The maximum atomic E-state index is 9.69. The number of hydrogen-bond acceptors (Lipinski definition) is 4. The minimum Gasteiger partial charge on any atom is -0.490 e. The molecule has 0 radical (unpaired) electrons. The van der Waals surface area contributed by atoms with Crippen LogP contribution in [0.15, 0.2) is 30.3 Å². The van der Waals surface area contributed by atoms with Crippen LogP contribution in [0.3, 0.4) is 0 Å². The summed E-state index contributed by atoms with van der Waals surface area (Å²) >= 11 is 6.24. The van der Waals surface area contributed by atoms with Crippen LogP contribution in [-0.2, 0) is 0 Å². The van der Waals surface area contributed by atoms with Gasteiger partial charge in [0, 0.05) is 10.8 Å². The minimum absolute atomic E-state index is 0.189. The van der Waals surface area contributed by atoms with Gasteiger partial charge in [-0.1, -0.05) is 37.6 Å². The molecule has 0 aliphatic heterocycles. The van der Waals surface area contributed by atoms with Crippen LogP contribution in [0.2, 0.25) is 5.02 Å². The number of fused-ring (bicyclic) bond motifs is 1. The van der Waals surface area contributed by atoms with Crippen molar-refractivity contribution >= 4 is 22.4 Å². The quantitative estimate of drug-likeness (QED) is 0.768. The van der Waals surface area contributed by atoms with Crippen molar-refractivity contribution in [3.8, 4) is 11.5 Å². The maximum absolute atomic E-state index is 9.69. The van der Waals surface area contributed by atoms with Crippen molar-refractivity contribution in [3.63, 3.8) is 0 Å². The summed E-state index contributed by atoms with van der Waals surface area (Å²) in [6, 6.07) is 9.23. The lowest BCUT2D eigenvalue weighted by atomic mass is 10.1. The van der Waals surface area contributed by atoms with Crippen molar-refractivity contribution in [2.24, 2.45) is 0 Å². The Labute approximate surface area is 141 Å². The average molecular weight is 339 g/mol. The molecule has 2 aromatic carbocycles. The van der Waals surface area contributed by atoms with Gasteiger partial charge in [-0.2, -0.15) is 0 Å². The Balaban J connectivity index is 2.31. The van der Waals surface area contributed by atoms with E-state index in [-0.39, 0.29) is 13.2 Å². The SMILES string of the molecule is CCC(O)COc1cccc2c(OCC(O)CC)c(Cl)ccc12. The van der Waals surface area contributed by atoms with Crippen LogP contribution >= 0.6 is 11.6 Å². The molecule has 0 heterocycles. The molecule has 4 nitrogen and oxygen atoms in total. The Hall–Kier alpha value is -1.49. The van der Waals surface area contributed by atoms with Crippen LogP contribution in [-0.4, -0.2) is 35.6 Å². The molecule has 5 heteroatoms. The van der Waals surface area contributed by atoms with E-state index in [0.29, 0.717) is 29.4 Å². The van der Waals surface area contributed by atoms with Crippen molar-refractivity contribution < 1.29 is 19.7 Å². The number of aliphatic hydroxyl groups is 2. The molecule has 0 fully saturated rings. The molecule has 126 valence electrons. The first-order valence-corrected chi connectivity index (χ1v) is 8.27. The molecule has 2 aromatic rings. The second-order valence-corrected chi connectivity index (χ2v) is 5.88. The molecule has 0 aliphatic carbocycles.